The standard InChI is InChI=1S/C21H24N4O2S/c1-14-5-9-17(10-6-14)22-19(26)13-28-21-24-23-20(25(21)4)16(3)27-18-11-7-15(2)8-12-18/h5-12,16H,13H2,1-4H3,(H,22,26). The first kappa shape index (κ1) is 19.9. The maximum atomic E-state index is 12.2. The predicted octanol–water partition coefficient (Wildman–Crippen LogP) is 4.30. The van der Waals surface area contributed by atoms with Crippen LogP contribution in [0.15, 0.2) is 53.7 Å². The quantitative estimate of drug-likeness (QED) is 0.603. The van der Waals surface area contributed by atoms with Crippen molar-refractivity contribution in [3.05, 3.63) is 65.5 Å². The molecule has 1 N–H and O–H groups in total. The van der Waals surface area contributed by atoms with Gasteiger partial charge in [-0.3, -0.25) is 4.79 Å². The molecule has 2 aromatic carbocycles. The first-order chi connectivity index (χ1) is 13.4. The Morgan fingerprint density at radius 3 is 2.32 bits per heavy atom. The first-order valence-corrected chi connectivity index (χ1v) is 10.0. The molecule has 1 unspecified atom stereocenters. The number of hydrogen-bond acceptors (Lipinski definition) is 5. The molecule has 1 aromatic heterocycles. The summed E-state index contributed by atoms with van der Waals surface area (Å²) < 4.78 is 7.82. The molecule has 0 aliphatic heterocycles. The Morgan fingerprint density at radius 1 is 1.07 bits per heavy atom. The normalized spacial score (nSPS) is 11.9. The Hall–Kier alpha value is -2.80. The third-order valence-electron chi connectivity index (χ3n) is 4.23. The fourth-order valence-corrected chi connectivity index (χ4v) is 3.36. The van der Waals surface area contributed by atoms with E-state index >= 15 is 0 Å². The Kier molecular flexibility index (Phi) is 6.36. The SMILES string of the molecule is Cc1ccc(NC(=O)CSc2nnc(C(C)Oc3ccc(C)cc3)n2C)cc1. The molecule has 0 aliphatic rings. The maximum absolute atomic E-state index is 12.2. The van der Waals surface area contributed by atoms with Gasteiger partial charge in [0.05, 0.1) is 5.75 Å². The van der Waals surface area contributed by atoms with Crippen LogP contribution in [0.25, 0.3) is 0 Å². The molecule has 3 aromatic rings. The topological polar surface area (TPSA) is 69.0 Å². The minimum Gasteiger partial charge on any atom is -0.483 e. The Morgan fingerprint density at radius 2 is 1.68 bits per heavy atom. The van der Waals surface area contributed by atoms with Crippen LogP contribution in [0.1, 0.15) is 30.0 Å². The predicted molar refractivity (Wildman–Crippen MR) is 112 cm³/mol. The molecular weight excluding hydrogens is 372 g/mol. The van der Waals surface area contributed by atoms with Crippen LogP contribution in [-0.2, 0) is 11.8 Å². The van der Waals surface area contributed by atoms with Crippen LogP contribution >= 0.6 is 11.8 Å². The molecule has 0 radical (unpaired) electrons. The molecule has 1 heterocycles. The molecule has 0 saturated heterocycles. The number of benzene rings is 2. The van der Waals surface area contributed by atoms with E-state index in [0.717, 1.165) is 17.0 Å². The third kappa shape index (κ3) is 5.13. The van der Waals surface area contributed by atoms with Gasteiger partial charge in [-0.15, -0.1) is 10.2 Å². The molecule has 146 valence electrons. The van der Waals surface area contributed by atoms with E-state index in [2.05, 4.69) is 15.5 Å². The number of carbonyl (C=O) groups excluding carboxylic acids is 1. The van der Waals surface area contributed by atoms with Gasteiger partial charge < -0.3 is 14.6 Å². The number of anilines is 1. The average Bonchev–Trinajstić information content (AvgIpc) is 3.04. The van der Waals surface area contributed by atoms with Gasteiger partial charge in [0.2, 0.25) is 5.91 Å². The molecule has 6 nitrogen and oxygen atoms in total. The fourth-order valence-electron chi connectivity index (χ4n) is 2.64. The zero-order chi connectivity index (χ0) is 20.1. The van der Waals surface area contributed by atoms with Crippen LogP contribution in [0.4, 0.5) is 5.69 Å². The highest BCUT2D eigenvalue weighted by Crippen LogP contribution is 2.24. The van der Waals surface area contributed by atoms with E-state index < -0.39 is 0 Å². The number of amides is 1. The van der Waals surface area contributed by atoms with E-state index in [9.17, 15) is 4.79 Å². The van der Waals surface area contributed by atoms with Gasteiger partial charge in [0.15, 0.2) is 17.1 Å². The van der Waals surface area contributed by atoms with Gasteiger partial charge in [-0.2, -0.15) is 0 Å². The second-order valence-electron chi connectivity index (χ2n) is 6.68. The second-order valence-corrected chi connectivity index (χ2v) is 7.62. The van der Waals surface area contributed by atoms with Crippen molar-refractivity contribution in [1.82, 2.24) is 14.8 Å². The van der Waals surface area contributed by atoms with Gasteiger partial charge in [-0.05, 0) is 45.0 Å². The van der Waals surface area contributed by atoms with Crippen molar-refractivity contribution >= 4 is 23.4 Å². The lowest BCUT2D eigenvalue weighted by Gasteiger charge is -2.14. The Balaban J connectivity index is 1.57. The molecule has 0 aliphatic carbocycles. The van der Waals surface area contributed by atoms with E-state index in [1.807, 2.05) is 80.9 Å². The minimum atomic E-state index is -0.254. The summed E-state index contributed by atoms with van der Waals surface area (Å²) in [5.74, 6) is 1.67. The highest BCUT2D eigenvalue weighted by molar-refractivity contribution is 7.99. The van der Waals surface area contributed by atoms with Crippen LogP contribution in [0.5, 0.6) is 5.75 Å². The summed E-state index contributed by atoms with van der Waals surface area (Å²) in [5.41, 5.74) is 3.12. The summed E-state index contributed by atoms with van der Waals surface area (Å²) in [7, 11) is 1.88. The number of nitrogens with zero attached hydrogens (tertiary/aromatic N) is 3. The van der Waals surface area contributed by atoms with Crippen LogP contribution in [0.3, 0.4) is 0 Å². The number of carbonyl (C=O) groups is 1. The largest absolute Gasteiger partial charge is 0.483 e. The van der Waals surface area contributed by atoms with Gasteiger partial charge >= 0.3 is 0 Å². The molecule has 1 atom stereocenters. The lowest BCUT2D eigenvalue weighted by molar-refractivity contribution is -0.113. The highest BCUT2D eigenvalue weighted by Gasteiger charge is 2.18. The number of aromatic nitrogens is 3. The fraction of sp³-hybridized carbons (Fsp3) is 0.286. The van der Waals surface area contributed by atoms with Crippen LogP contribution in [-0.4, -0.2) is 26.4 Å². The van der Waals surface area contributed by atoms with Gasteiger partial charge in [0, 0.05) is 12.7 Å². The van der Waals surface area contributed by atoms with Gasteiger partial charge in [0.1, 0.15) is 5.75 Å². The summed E-state index contributed by atoms with van der Waals surface area (Å²) in [4.78, 5) is 12.2. The van der Waals surface area contributed by atoms with E-state index in [-0.39, 0.29) is 17.8 Å². The number of rotatable bonds is 7. The van der Waals surface area contributed by atoms with E-state index in [1.54, 1.807) is 0 Å². The van der Waals surface area contributed by atoms with Crippen molar-refractivity contribution in [1.29, 1.82) is 0 Å². The maximum Gasteiger partial charge on any atom is 0.234 e. The molecule has 3 rings (SSSR count). The average molecular weight is 397 g/mol. The molecule has 1 amide bonds. The van der Waals surface area contributed by atoms with Crippen molar-refractivity contribution < 1.29 is 9.53 Å². The van der Waals surface area contributed by atoms with Gasteiger partial charge in [0.25, 0.3) is 0 Å². The zero-order valence-corrected chi connectivity index (χ0v) is 17.3. The smallest absolute Gasteiger partial charge is 0.234 e. The van der Waals surface area contributed by atoms with Crippen LogP contribution in [0, 0.1) is 13.8 Å². The van der Waals surface area contributed by atoms with Crippen molar-refractivity contribution in [2.24, 2.45) is 7.05 Å². The first-order valence-electron chi connectivity index (χ1n) is 9.04. The Bertz CT molecular complexity index is 936. The number of nitrogens with one attached hydrogen (secondary N) is 1. The highest BCUT2D eigenvalue weighted by atomic mass is 32.2. The molecule has 0 spiro atoms. The van der Waals surface area contributed by atoms with Crippen LogP contribution < -0.4 is 10.1 Å². The number of thioether (sulfide) groups is 1. The molecule has 0 fully saturated rings. The number of aryl methyl sites for hydroxylation is 2. The summed E-state index contributed by atoms with van der Waals surface area (Å²) in [6, 6.07) is 15.6. The number of ether oxygens (including phenoxy) is 1. The molecule has 0 saturated carbocycles. The summed E-state index contributed by atoms with van der Waals surface area (Å²) in [5, 5.41) is 12.0. The molecular formula is C21H24N4O2S. The molecule has 7 heteroatoms. The van der Waals surface area contributed by atoms with Crippen molar-refractivity contribution in [2.45, 2.75) is 32.0 Å². The zero-order valence-electron chi connectivity index (χ0n) is 16.5. The second kappa shape index (κ2) is 8.93. The van der Waals surface area contributed by atoms with E-state index in [0.29, 0.717) is 11.0 Å². The van der Waals surface area contributed by atoms with Crippen molar-refractivity contribution in [2.75, 3.05) is 11.1 Å². The summed E-state index contributed by atoms with van der Waals surface area (Å²) in [6.07, 6.45) is -0.254. The lowest BCUT2D eigenvalue weighted by atomic mass is 10.2. The van der Waals surface area contributed by atoms with Crippen molar-refractivity contribution in [3.8, 4) is 5.75 Å². The minimum absolute atomic E-state index is 0.0812. The van der Waals surface area contributed by atoms with E-state index in [1.165, 1.54) is 17.3 Å². The van der Waals surface area contributed by atoms with Gasteiger partial charge in [-0.25, -0.2) is 0 Å². The summed E-state index contributed by atoms with van der Waals surface area (Å²) in [6.45, 7) is 5.98. The molecule has 28 heavy (non-hydrogen) atoms. The number of hydrogen-bond donors (Lipinski definition) is 1. The monoisotopic (exact) mass is 396 g/mol. The van der Waals surface area contributed by atoms with Gasteiger partial charge in [-0.1, -0.05) is 47.2 Å². The lowest BCUT2D eigenvalue weighted by Crippen LogP contribution is -2.14. The summed E-state index contributed by atoms with van der Waals surface area (Å²) >= 11 is 1.35. The molecule has 0 bridgehead atoms. The third-order valence-corrected chi connectivity index (χ3v) is 5.25. The Labute approximate surface area is 169 Å². The van der Waals surface area contributed by atoms with E-state index in [4.69, 9.17) is 4.74 Å². The van der Waals surface area contributed by atoms with Crippen molar-refractivity contribution in [3.63, 3.8) is 0 Å². The van der Waals surface area contributed by atoms with Crippen LogP contribution in [0.2, 0.25) is 0 Å².